The maximum atomic E-state index is 14.9. The number of hydrogen-bond acceptors (Lipinski definition) is 5. The Morgan fingerprint density at radius 3 is 2.79 bits per heavy atom. The smallest absolute Gasteiger partial charge is 0.414 e. The molecule has 8 heteroatoms. The van der Waals surface area contributed by atoms with Gasteiger partial charge in [-0.1, -0.05) is 6.07 Å². The Labute approximate surface area is 139 Å². The summed E-state index contributed by atoms with van der Waals surface area (Å²) >= 11 is 0. The highest BCUT2D eigenvalue weighted by atomic mass is 19.1. The van der Waals surface area contributed by atoms with E-state index < -0.39 is 18.0 Å². The Morgan fingerprint density at radius 2 is 2.08 bits per heavy atom. The largest absolute Gasteiger partial charge is 0.442 e. The molecule has 0 bridgehead atoms. The summed E-state index contributed by atoms with van der Waals surface area (Å²) in [5, 5.41) is 5.83. The zero-order valence-electron chi connectivity index (χ0n) is 13.5. The third kappa shape index (κ3) is 3.43. The molecular formula is C16H21FN4O3. The van der Waals surface area contributed by atoms with Gasteiger partial charge in [-0.25, -0.2) is 9.18 Å². The van der Waals surface area contributed by atoms with Gasteiger partial charge in [-0.3, -0.25) is 9.69 Å². The number of benzene rings is 1. The molecule has 2 aliphatic heterocycles. The molecule has 1 aromatic rings. The van der Waals surface area contributed by atoms with Crippen molar-refractivity contribution in [2.45, 2.75) is 13.0 Å². The molecule has 2 amide bonds. The van der Waals surface area contributed by atoms with Crippen molar-refractivity contribution in [3.8, 4) is 0 Å². The van der Waals surface area contributed by atoms with E-state index in [1.165, 1.54) is 11.8 Å². The number of amides is 2. The maximum absolute atomic E-state index is 14.9. The number of nitrogens with zero attached hydrogens (tertiary/aromatic N) is 2. The average Bonchev–Trinajstić information content (AvgIpc) is 2.95. The van der Waals surface area contributed by atoms with Gasteiger partial charge >= 0.3 is 6.09 Å². The van der Waals surface area contributed by atoms with Crippen molar-refractivity contribution in [3.05, 3.63) is 24.0 Å². The number of nitrogens with one attached hydrogen (secondary N) is 2. The van der Waals surface area contributed by atoms with Crippen LogP contribution in [0.4, 0.5) is 20.6 Å². The van der Waals surface area contributed by atoms with Crippen LogP contribution < -0.4 is 20.4 Å². The quantitative estimate of drug-likeness (QED) is 0.847. The third-order valence-electron chi connectivity index (χ3n) is 4.16. The zero-order valence-corrected chi connectivity index (χ0v) is 13.5. The number of piperazine rings is 1. The predicted molar refractivity (Wildman–Crippen MR) is 87.8 cm³/mol. The van der Waals surface area contributed by atoms with E-state index in [0.717, 1.165) is 26.2 Å². The van der Waals surface area contributed by atoms with E-state index in [4.69, 9.17) is 4.74 Å². The minimum absolute atomic E-state index is 0.198. The predicted octanol–water partition coefficient (Wildman–Crippen LogP) is 0.697. The first kappa shape index (κ1) is 16.5. The van der Waals surface area contributed by atoms with Crippen LogP contribution in [0.1, 0.15) is 6.92 Å². The molecule has 24 heavy (non-hydrogen) atoms. The molecule has 1 atom stereocenters. The Balaban J connectivity index is 1.76. The molecule has 1 aromatic carbocycles. The monoisotopic (exact) mass is 336 g/mol. The first-order chi connectivity index (χ1) is 11.6. The molecule has 0 spiro atoms. The number of hydrogen-bond donors (Lipinski definition) is 2. The highest BCUT2D eigenvalue weighted by Crippen LogP contribution is 2.31. The molecular weight excluding hydrogens is 315 g/mol. The van der Waals surface area contributed by atoms with Crippen molar-refractivity contribution in [2.75, 3.05) is 49.1 Å². The van der Waals surface area contributed by atoms with E-state index in [-0.39, 0.29) is 24.7 Å². The summed E-state index contributed by atoms with van der Waals surface area (Å²) in [5.74, 6) is -0.618. The van der Waals surface area contributed by atoms with E-state index in [2.05, 4.69) is 10.6 Å². The average molecular weight is 336 g/mol. The Kier molecular flexibility index (Phi) is 4.84. The van der Waals surface area contributed by atoms with Crippen molar-refractivity contribution < 1.29 is 18.7 Å². The number of carbonyl (C=O) groups is 2. The van der Waals surface area contributed by atoms with Crippen molar-refractivity contribution in [1.29, 1.82) is 0 Å². The van der Waals surface area contributed by atoms with E-state index in [9.17, 15) is 14.0 Å². The van der Waals surface area contributed by atoms with Crippen molar-refractivity contribution in [2.24, 2.45) is 0 Å². The lowest BCUT2D eigenvalue weighted by molar-refractivity contribution is -0.119. The first-order valence-electron chi connectivity index (χ1n) is 8.03. The lowest BCUT2D eigenvalue weighted by Gasteiger charge is -2.30. The van der Waals surface area contributed by atoms with Crippen LogP contribution >= 0.6 is 0 Å². The molecule has 0 aliphatic carbocycles. The van der Waals surface area contributed by atoms with Crippen LogP contribution in [0.5, 0.6) is 0 Å². The van der Waals surface area contributed by atoms with Crippen molar-refractivity contribution >= 4 is 23.4 Å². The maximum Gasteiger partial charge on any atom is 0.414 e. The van der Waals surface area contributed by atoms with E-state index in [0.29, 0.717) is 5.69 Å². The summed E-state index contributed by atoms with van der Waals surface area (Å²) in [6.07, 6.45) is -1.08. The van der Waals surface area contributed by atoms with E-state index in [1.807, 2.05) is 4.90 Å². The van der Waals surface area contributed by atoms with Gasteiger partial charge in [-0.05, 0) is 12.1 Å². The summed E-state index contributed by atoms with van der Waals surface area (Å²) in [6, 6.07) is 5.04. The van der Waals surface area contributed by atoms with Gasteiger partial charge in [0.15, 0.2) is 5.82 Å². The number of cyclic esters (lactones) is 1. The van der Waals surface area contributed by atoms with Crippen LogP contribution in [0.2, 0.25) is 0 Å². The van der Waals surface area contributed by atoms with Crippen LogP contribution in [0.25, 0.3) is 0 Å². The highest BCUT2D eigenvalue weighted by molar-refractivity contribution is 5.90. The van der Waals surface area contributed by atoms with E-state index in [1.54, 1.807) is 18.2 Å². The molecule has 0 aromatic heterocycles. The van der Waals surface area contributed by atoms with Gasteiger partial charge in [0.25, 0.3) is 0 Å². The molecule has 3 rings (SSSR count). The number of halogens is 1. The first-order valence-corrected chi connectivity index (χ1v) is 8.03. The number of ether oxygens (including phenoxy) is 1. The van der Waals surface area contributed by atoms with Crippen LogP contribution in [0.3, 0.4) is 0 Å². The van der Waals surface area contributed by atoms with Gasteiger partial charge in [-0.15, -0.1) is 0 Å². The standard InChI is InChI=1S/C16H21FN4O3/c1-11(22)19-9-12-10-21(16(23)24-12)14-4-2-3-13(15(14)17)20-7-5-18-6-8-20/h2-4,12,18H,5-10H2,1H3,(H,19,22)/t12-/m0/s1. The van der Waals surface area contributed by atoms with Crippen LogP contribution in [-0.4, -0.2) is 57.4 Å². The molecule has 130 valence electrons. The fourth-order valence-electron chi connectivity index (χ4n) is 2.95. The molecule has 0 saturated carbocycles. The van der Waals surface area contributed by atoms with E-state index >= 15 is 0 Å². The Hall–Kier alpha value is -2.35. The summed E-state index contributed by atoms with van der Waals surface area (Å²) in [4.78, 5) is 26.3. The second-order valence-electron chi connectivity index (χ2n) is 5.90. The lowest BCUT2D eigenvalue weighted by atomic mass is 10.2. The fraction of sp³-hybridized carbons (Fsp3) is 0.500. The van der Waals surface area contributed by atoms with Gasteiger partial charge in [0, 0.05) is 33.1 Å². The number of rotatable bonds is 4. The summed E-state index contributed by atoms with van der Waals surface area (Å²) < 4.78 is 20.1. The minimum atomic E-state index is -0.596. The molecule has 2 fully saturated rings. The zero-order chi connectivity index (χ0) is 17.1. The number of anilines is 2. The van der Waals surface area contributed by atoms with Gasteiger partial charge < -0.3 is 20.3 Å². The van der Waals surface area contributed by atoms with Crippen LogP contribution in [0.15, 0.2) is 18.2 Å². The highest BCUT2D eigenvalue weighted by Gasteiger charge is 2.34. The third-order valence-corrected chi connectivity index (χ3v) is 4.16. The second kappa shape index (κ2) is 7.04. The summed E-state index contributed by atoms with van der Waals surface area (Å²) in [6.45, 7) is 4.86. The second-order valence-corrected chi connectivity index (χ2v) is 5.90. The lowest BCUT2D eigenvalue weighted by Crippen LogP contribution is -2.44. The summed E-state index contributed by atoms with van der Waals surface area (Å²) in [5.41, 5.74) is 0.702. The molecule has 7 nitrogen and oxygen atoms in total. The Morgan fingerprint density at radius 1 is 1.38 bits per heavy atom. The normalized spacial score (nSPS) is 20.9. The minimum Gasteiger partial charge on any atom is -0.442 e. The number of carbonyl (C=O) groups excluding carboxylic acids is 2. The van der Waals surface area contributed by atoms with Gasteiger partial charge in [-0.2, -0.15) is 0 Å². The fourth-order valence-corrected chi connectivity index (χ4v) is 2.95. The van der Waals surface area contributed by atoms with Gasteiger partial charge in [0.2, 0.25) is 5.91 Å². The molecule has 2 aliphatic rings. The van der Waals surface area contributed by atoms with Gasteiger partial charge in [0.05, 0.1) is 24.5 Å². The SMILES string of the molecule is CC(=O)NC[C@H]1CN(c2cccc(N3CCNCC3)c2F)C(=O)O1. The molecule has 0 radical (unpaired) electrons. The van der Waals surface area contributed by atoms with Crippen LogP contribution in [-0.2, 0) is 9.53 Å². The molecule has 2 saturated heterocycles. The van der Waals surface area contributed by atoms with Crippen molar-refractivity contribution in [3.63, 3.8) is 0 Å². The topological polar surface area (TPSA) is 73.9 Å². The van der Waals surface area contributed by atoms with Gasteiger partial charge in [0.1, 0.15) is 6.10 Å². The summed E-state index contributed by atoms with van der Waals surface area (Å²) in [7, 11) is 0. The van der Waals surface area contributed by atoms with Crippen LogP contribution in [0, 0.1) is 5.82 Å². The van der Waals surface area contributed by atoms with Crippen molar-refractivity contribution in [1.82, 2.24) is 10.6 Å². The Bertz CT molecular complexity index is 634. The molecule has 2 N–H and O–H groups in total. The molecule has 0 unspecified atom stereocenters. The molecule has 2 heterocycles.